The standard InChI is InChI=1S/C61H41N3/c1-61(2)55-36-44(39-21-19-38(20-22-39)42-26-30-58-54(35-42)50-16-8-9-18-57(50)64(58)46-13-4-3-5-14-46)23-27-48(55)49-28-24-45(37-56(49)61)41-12-10-11-40(33-41)43-25-29-52-53(34-43)47-15-6-7-17-51(47)59-60(52)63-32-31-62-59/h3-37H,1-2H3. The predicted octanol–water partition coefficient (Wildman–Crippen LogP) is 16.0. The minimum Gasteiger partial charge on any atom is -0.309 e. The normalized spacial score (nSPS) is 13.0. The van der Waals surface area contributed by atoms with E-state index in [-0.39, 0.29) is 5.41 Å². The summed E-state index contributed by atoms with van der Waals surface area (Å²) in [5, 5.41) is 7.18. The molecule has 3 heteroatoms. The third-order valence-corrected chi connectivity index (χ3v) is 13.9. The molecule has 0 unspecified atom stereocenters. The maximum Gasteiger partial charge on any atom is 0.0971 e. The zero-order valence-electron chi connectivity index (χ0n) is 35.5. The van der Waals surface area contributed by atoms with E-state index in [1.54, 1.807) is 12.4 Å². The van der Waals surface area contributed by atoms with Crippen molar-refractivity contribution in [2.75, 3.05) is 0 Å². The van der Waals surface area contributed by atoms with Gasteiger partial charge < -0.3 is 4.57 Å². The van der Waals surface area contributed by atoms with Crippen LogP contribution in [0, 0.1) is 0 Å². The Hall–Kier alpha value is -8.14. The molecule has 0 saturated heterocycles. The Balaban J connectivity index is 0.809. The SMILES string of the molecule is CC1(C)c2cc(-c3ccc(-c4ccc5c(c4)c4ccccc4n5-c4ccccc4)cc3)ccc2-c2ccc(-c3cccc(-c4ccc5c(c4)c4ccccc4c4nccnc54)c3)cc21. The first kappa shape index (κ1) is 36.5. The molecule has 0 N–H and O–H groups in total. The average Bonchev–Trinajstić information content (AvgIpc) is 3.81. The minimum atomic E-state index is -0.159. The van der Waals surface area contributed by atoms with Crippen molar-refractivity contribution in [2.24, 2.45) is 0 Å². The molecule has 0 radical (unpaired) electrons. The lowest BCUT2D eigenvalue weighted by Crippen LogP contribution is -2.15. The Bertz CT molecular complexity index is 3820. The van der Waals surface area contributed by atoms with E-state index in [1.807, 2.05) is 0 Å². The van der Waals surface area contributed by atoms with Crippen LogP contribution in [0.15, 0.2) is 213 Å². The fourth-order valence-corrected chi connectivity index (χ4v) is 10.6. The summed E-state index contributed by atoms with van der Waals surface area (Å²) < 4.78 is 2.37. The van der Waals surface area contributed by atoms with Crippen LogP contribution in [0.4, 0.5) is 0 Å². The molecule has 10 aromatic carbocycles. The maximum atomic E-state index is 4.76. The molecular formula is C61H41N3. The highest BCUT2D eigenvalue weighted by Crippen LogP contribution is 2.51. The van der Waals surface area contributed by atoms with Gasteiger partial charge in [-0.2, -0.15) is 0 Å². The van der Waals surface area contributed by atoms with Crippen LogP contribution in [0.1, 0.15) is 25.0 Å². The molecule has 0 aliphatic heterocycles. The van der Waals surface area contributed by atoms with Gasteiger partial charge in [0.15, 0.2) is 0 Å². The van der Waals surface area contributed by atoms with Crippen molar-refractivity contribution in [3.63, 3.8) is 0 Å². The van der Waals surface area contributed by atoms with Crippen LogP contribution in [-0.4, -0.2) is 14.5 Å². The summed E-state index contributed by atoms with van der Waals surface area (Å²) in [6.07, 6.45) is 3.57. The largest absolute Gasteiger partial charge is 0.309 e. The number of rotatable bonds is 5. The summed E-state index contributed by atoms with van der Waals surface area (Å²) in [5.74, 6) is 0. The van der Waals surface area contributed by atoms with E-state index in [0.717, 1.165) is 21.8 Å². The summed E-state index contributed by atoms with van der Waals surface area (Å²) >= 11 is 0. The number of nitrogens with zero attached hydrogens (tertiary/aromatic N) is 3. The highest BCUT2D eigenvalue weighted by atomic mass is 15.0. The molecule has 1 aliphatic rings. The van der Waals surface area contributed by atoms with Gasteiger partial charge in [-0.15, -0.1) is 0 Å². The van der Waals surface area contributed by atoms with E-state index >= 15 is 0 Å². The van der Waals surface area contributed by atoms with Crippen LogP contribution in [0.2, 0.25) is 0 Å². The van der Waals surface area contributed by atoms with Gasteiger partial charge in [-0.25, -0.2) is 0 Å². The summed E-state index contributed by atoms with van der Waals surface area (Å²) in [4.78, 5) is 9.48. The van der Waals surface area contributed by atoms with Gasteiger partial charge in [0.05, 0.1) is 22.1 Å². The molecule has 64 heavy (non-hydrogen) atoms. The zero-order valence-corrected chi connectivity index (χ0v) is 35.5. The van der Waals surface area contributed by atoms with Crippen LogP contribution in [-0.2, 0) is 5.41 Å². The van der Waals surface area contributed by atoms with Gasteiger partial charge in [0.2, 0.25) is 0 Å². The van der Waals surface area contributed by atoms with Crippen molar-refractivity contribution in [2.45, 2.75) is 19.3 Å². The summed E-state index contributed by atoms with van der Waals surface area (Å²) in [6, 6.07) is 73.8. The number of hydrogen-bond acceptors (Lipinski definition) is 2. The molecule has 0 amide bonds. The van der Waals surface area contributed by atoms with E-state index in [4.69, 9.17) is 9.97 Å². The van der Waals surface area contributed by atoms with Crippen LogP contribution in [0.25, 0.3) is 116 Å². The van der Waals surface area contributed by atoms with Crippen molar-refractivity contribution in [1.29, 1.82) is 0 Å². The van der Waals surface area contributed by atoms with Gasteiger partial charge in [0.1, 0.15) is 0 Å². The molecule has 300 valence electrons. The van der Waals surface area contributed by atoms with E-state index in [9.17, 15) is 0 Å². The third-order valence-electron chi connectivity index (χ3n) is 13.9. The van der Waals surface area contributed by atoms with Crippen molar-refractivity contribution in [3.05, 3.63) is 224 Å². The van der Waals surface area contributed by atoms with Gasteiger partial charge in [-0.1, -0.05) is 159 Å². The fraction of sp³-hybridized carbons (Fsp3) is 0.0492. The molecule has 0 saturated carbocycles. The van der Waals surface area contributed by atoms with Gasteiger partial charge in [-0.05, 0) is 132 Å². The highest BCUT2D eigenvalue weighted by Gasteiger charge is 2.36. The molecule has 12 aromatic rings. The Labute approximate surface area is 371 Å². The lowest BCUT2D eigenvalue weighted by Gasteiger charge is -2.23. The van der Waals surface area contributed by atoms with Gasteiger partial charge in [0.25, 0.3) is 0 Å². The minimum absolute atomic E-state index is 0.159. The Morgan fingerprint density at radius 3 is 1.48 bits per heavy atom. The van der Waals surface area contributed by atoms with E-state index in [0.29, 0.717) is 0 Å². The molecule has 0 spiro atoms. The number of benzene rings is 10. The Morgan fingerprint density at radius 2 is 0.797 bits per heavy atom. The first-order valence-electron chi connectivity index (χ1n) is 22.1. The van der Waals surface area contributed by atoms with Crippen molar-refractivity contribution in [1.82, 2.24) is 14.5 Å². The van der Waals surface area contributed by atoms with Crippen molar-refractivity contribution >= 4 is 54.4 Å². The second kappa shape index (κ2) is 13.9. The second-order valence-electron chi connectivity index (χ2n) is 17.8. The van der Waals surface area contributed by atoms with Gasteiger partial charge in [0, 0.05) is 45.0 Å². The van der Waals surface area contributed by atoms with Crippen LogP contribution >= 0.6 is 0 Å². The Morgan fingerprint density at radius 1 is 0.328 bits per heavy atom. The molecule has 2 heterocycles. The van der Waals surface area contributed by atoms with E-state index < -0.39 is 0 Å². The molecule has 0 fully saturated rings. The monoisotopic (exact) mass is 815 g/mol. The number of aromatic nitrogens is 3. The summed E-state index contributed by atoms with van der Waals surface area (Å²) in [5.41, 5.74) is 20.4. The quantitative estimate of drug-likeness (QED) is 0.162. The number of para-hydroxylation sites is 2. The fourth-order valence-electron chi connectivity index (χ4n) is 10.6. The molecular weight excluding hydrogens is 775 g/mol. The van der Waals surface area contributed by atoms with Gasteiger partial charge in [-0.3, -0.25) is 9.97 Å². The van der Waals surface area contributed by atoms with Gasteiger partial charge >= 0.3 is 0 Å². The number of fused-ring (bicyclic) bond motifs is 12. The smallest absolute Gasteiger partial charge is 0.0971 e. The molecule has 13 rings (SSSR count). The van der Waals surface area contributed by atoms with Crippen LogP contribution in [0.3, 0.4) is 0 Å². The second-order valence-corrected chi connectivity index (χ2v) is 17.8. The molecule has 3 nitrogen and oxygen atoms in total. The summed E-state index contributed by atoms with van der Waals surface area (Å²) in [7, 11) is 0. The lowest BCUT2D eigenvalue weighted by atomic mass is 9.80. The highest BCUT2D eigenvalue weighted by molar-refractivity contribution is 6.23. The van der Waals surface area contributed by atoms with E-state index in [2.05, 4.69) is 219 Å². The average molecular weight is 816 g/mol. The molecule has 0 bridgehead atoms. The first-order valence-corrected chi connectivity index (χ1v) is 22.1. The zero-order chi connectivity index (χ0) is 42.5. The van der Waals surface area contributed by atoms with Crippen LogP contribution < -0.4 is 0 Å². The molecule has 1 aliphatic carbocycles. The van der Waals surface area contributed by atoms with Crippen molar-refractivity contribution < 1.29 is 0 Å². The van der Waals surface area contributed by atoms with E-state index in [1.165, 1.54) is 105 Å². The first-order chi connectivity index (χ1) is 31.5. The lowest BCUT2D eigenvalue weighted by molar-refractivity contribution is 0.661. The molecule has 0 atom stereocenters. The molecule has 2 aromatic heterocycles. The third kappa shape index (κ3) is 5.54. The maximum absolute atomic E-state index is 4.76. The predicted molar refractivity (Wildman–Crippen MR) is 268 cm³/mol. The Kier molecular flexibility index (Phi) is 7.95. The summed E-state index contributed by atoms with van der Waals surface area (Å²) in [6.45, 7) is 4.76. The van der Waals surface area contributed by atoms with Crippen molar-refractivity contribution in [3.8, 4) is 61.3 Å². The number of hydrogen-bond donors (Lipinski definition) is 0. The topological polar surface area (TPSA) is 30.7 Å². The van der Waals surface area contributed by atoms with Crippen LogP contribution in [0.5, 0.6) is 0 Å².